The number of benzene rings is 2. The quantitative estimate of drug-likeness (QED) is 0.333. The van der Waals surface area contributed by atoms with Crippen LogP contribution < -0.4 is 4.74 Å². The first-order valence-electron chi connectivity index (χ1n) is 10.6. The molecule has 3 aromatic rings. The summed E-state index contributed by atoms with van der Waals surface area (Å²) in [5, 5.41) is 11.1. The van der Waals surface area contributed by atoms with E-state index < -0.39 is 17.7 Å². The molecule has 1 aliphatic heterocycles. The number of ketones is 1. The van der Waals surface area contributed by atoms with Crippen LogP contribution in [-0.2, 0) is 16.1 Å². The molecule has 0 bridgehead atoms. The Labute approximate surface area is 186 Å². The molecule has 0 saturated carbocycles. The standard InChI is InChI=1S/C25H25N3O4/c1-2-32-20-11-6-10-19(16-20)23(29)21-22(18-8-4-3-5-9-18)28(25(31)24(21)30)14-7-13-27-15-12-26-17-27/h3-6,8-12,15-17,22,29H,2,7,13-14H2,1H3/b23-21+. The van der Waals surface area contributed by atoms with E-state index in [1.54, 1.807) is 41.7 Å². The van der Waals surface area contributed by atoms with Crippen LogP contribution in [0.4, 0.5) is 0 Å². The Hall–Kier alpha value is -3.87. The Balaban J connectivity index is 1.71. The molecule has 0 aliphatic carbocycles. The van der Waals surface area contributed by atoms with Gasteiger partial charge in [-0.2, -0.15) is 0 Å². The number of rotatable bonds is 8. The number of Topliss-reactive ketones (excluding diaryl/α,β-unsaturated/α-hetero) is 1. The van der Waals surface area contributed by atoms with Gasteiger partial charge in [0.15, 0.2) is 0 Å². The number of hydrogen-bond acceptors (Lipinski definition) is 5. The lowest BCUT2D eigenvalue weighted by molar-refractivity contribution is -0.139. The zero-order valence-corrected chi connectivity index (χ0v) is 17.8. The second-order valence-corrected chi connectivity index (χ2v) is 7.52. The van der Waals surface area contributed by atoms with Crippen LogP contribution in [0.15, 0.2) is 78.9 Å². The van der Waals surface area contributed by atoms with E-state index in [2.05, 4.69) is 4.98 Å². The van der Waals surface area contributed by atoms with E-state index >= 15 is 0 Å². The van der Waals surface area contributed by atoms with Crippen LogP contribution in [-0.4, -0.2) is 44.4 Å². The second kappa shape index (κ2) is 9.51. The van der Waals surface area contributed by atoms with Gasteiger partial charge in [-0.3, -0.25) is 9.59 Å². The Morgan fingerprint density at radius 2 is 1.91 bits per heavy atom. The molecule has 164 valence electrons. The third-order valence-electron chi connectivity index (χ3n) is 5.45. The normalized spacial score (nSPS) is 17.7. The number of amides is 1. The molecule has 32 heavy (non-hydrogen) atoms. The van der Waals surface area contributed by atoms with E-state index in [1.807, 2.05) is 48.0 Å². The van der Waals surface area contributed by atoms with Crippen molar-refractivity contribution in [2.24, 2.45) is 0 Å². The van der Waals surface area contributed by atoms with E-state index in [-0.39, 0.29) is 11.3 Å². The highest BCUT2D eigenvalue weighted by Crippen LogP contribution is 2.39. The summed E-state index contributed by atoms with van der Waals surface area (Å²) in [7, 11) is 0. The molecular formula is C25H25N3O4. The van der Waals surface area contributed by atoms with Gasteiger partial charge >= 0.3 is 0 Å². The van der Waals surface area contributed by atoms with E-state index in [1.165, 1.54) is 0 Å². The lowest BCUT2D eigenvalue weighted by Crippen LogP contribution is -2.31. The molecule has 7 heteroatoms. The largest absolute Gasteiger partial charge is 0.507 e. The zero-order chi connectivity index (χ0) is 22.5. The number of imidazole rings is 1. The first-order valence-corrected chi connectivity index (χ1v) is 10.6. The molecule has 1 atom stereocenters. The van der Waals surface area contributed by atoms with Crippen molar-refractivity contribution in [1.29, 1.82) is 0 Å². The first-order chi connectivity index (χ1) is 15.6. The van der Waals surface area contributed by atoms with Gasteiger partial charge in [0.2, 0.25) is 0 Å². The van der Waals surface area contributed by atoms with Gasteiger partial charge in [0, 0.05) is 31.0 Å². The molecule has 4 rings (SSSR count). The minimum Gasteiger partial charge on any atom is -0.507 e. The summed E-state index contributed by atoms with van der Waals surface area (Å²) in [5.74, 6) is -0.897. The molecule has 1 N–H and O–H groups in total. The summed E-state index contributed by atoms with van der Waals surface area (Å²) >= 11 is 0. The van der Waals surface area contributed by atoms with Crippen LogP contribution in [0.1, 0.15) is 30.5 Å². The minimum absolute atomic E-state index is 0.0949. The molecule has 2 heterocycles. The topological polar surface area (TPSA) is 84.7 Å². The number of carbonyl (C=O) groups is 2. The van der Waals surface area contributed by atoms with Crippen molar-refractivity contribution in [1.82, 2.24) is 14.5 Å². The number of nitrogens with zero attached hydrogens (tertiary/aromatic N) is 3. The van der Waals surface area contributed by atoms with E-state index in [9.17, 15) is 14.7 Å². The van der Waals surface area contributed by atoms with Crippen molar-refractivity contribution < 1.29 is 19.4 Å². The Morgan fingerprint density at radius 1 is 1.09 bits per heavy atom. The summed E-state index contributed by atoms with van der Waals surface area (Å²) in [6.07, 6.45) is 5.92. The van der Waals surface area contributed by atoms with E-state index in [0.29, 0.717) is 37.4 Å². The fourth-order valence-electron chi connectivity index (χ4n) is 3.99. The molecule has 1 unspecified atom stereocenters. The maximum atomic E-state index is 13.1. The van der Waals surface area contributed by atoms with Gasteiger partial charge in [0.25, 0.3) is 11.7 Å². The highest BCUT2D eigenvalue weighted by molar-refractivity contribution is 6.46. The molecule has 1 amide bonds. The SMILES string of the molecule is CCOc1cccc(/C(O)=C2\C(=O)C(=O)N(CCCn3ccnc3)C2c2ccccc2)c1. The molecule has 2 aromatic carbocycles. The maximum Gasteiger partial charge on any atom is 0.295 e. The number of aliphatic hydroxyl groups is 1. The summed E-state index contributed by atoms with van der Waals surface area (Å²) in [4.78, 5) is 31.6. The summed E-state index contributed by atoms with van der Waals surface area (Å²) < 4.78 is 7.45. The molecule has 1 aliphatic rings. The van der Waals surface area contributed by atoms with Gasteiger partial charge in [-0.25, -0.2) is 4.98 Å². The molecule has 0 spiro atoms. The molecular weight excluding hydrogens is 406 g/mol. The van der Waals surface area contributed by atoms with Gasteiger partial charge in [0.1, 0.15) is 11.5 Å². The fourth-order valence-corrected chi connectivity index (χ4v) is 3.99. The van der Waals surface area contributed by atoms with Crippen LogP contribution in [0.3, 0.4) is 0 Å². The van der Waals surface area contributed by atoms with E-state index in [4.69, 9.17) is 4.74 Å². The lowest BCUT2D eigenvalue weighted by Gasteiger charge is -2.25. The molecule has 1 fully saturated rings. The smallest absolute Gasteiger partial charge is 0.295 e. The Morgan fingerprint density at radius 3 is 2.62 bits per heavy atom. The van der Waals surface area contributed by atoms with Crippen molar-refractivity contribution in [2.45, 2.75) is 25.9 Å². The monoisotopic (exact) mass is 431 g/mol. The van der Waals surface area contributed by atoms with Crippen molar-refractivity contribution >= 4 is 17.4 Å². The van der Waals surface area contributed by atoms with Crippen LogP contribution >= 0.6 is 0 Å². The Bertz CT molecular complexity index is 1120. The van der Waals surface area contributed by atoms with Crippen molar-refractivity contribution in [3.8, 4) is 5.75 Å². The number of aliphatic hydroxyl groups excluding tert-OH is 1. The highest BCUT2D eigenvalue weighted by atomic mass is 16.5. The third kappa shape index (κ3) is 4.27. The van der Waals surface area contributed by atoms with Crippen LogP contribution in [0.25, 0.3) is 5.76 Å². The van der Waals surface area contributed by atoms with Crippen molar-refractivity contribution in [3.63, 3.8) is 0 Å². The number of hydrogen-bond donors (Lipinski definition) is 1. The number of ether oxygens (including phenoxy) is 1. The Kier molecular flexibility index (Phi) is 6.35. The number of likely N-dealkylation sites (tertiary alicyclic amines) is 1. The summed E-state index contributed by atoms with van der Waals surface area (Å²) in [5.41, 5.74) is 1.31. The lowest BCUT2D eigenvalue weighted by atomic mass is 9.95. The van der Waals surface area contributed by atoms with Crippen LogP contribution in [0.2, 0.25) is 0 Å². The number of aryl methyl sites for hydroxylation is 1. The van der Waals surface area contributed by atoms with Gasteiger partial charge in [-0.1, -0.05) is 42.5 Å². The highest BCUT2D eigenvalue weighted by Gasteiger charge is 2.45. The number of aromatic nitrogens is 2. The maximum absolute atomic E-state index is 13.1. The van der Waals surface area contributed by atoms with E-state index in [0.717, 1.165) is 5.56 Å². The average molecular weight is 431 g/mol. The van der Waals surface area contributed by atoms with Gasteiger partial charge < -0.3 is 19.3 Å². The van der Waals surface area contributed by atoms with Crippen molar-refractivity contribution in [2.75, 3.05) is 13.2 Å². The minimum atomic E-state index is -0.680. The second-order valence-electron chi connectivity index (χ2n) is 7.52. The predicted octanol–water partition coefficient (Wildman–Crippen LogP) is 3.79. The first kappa shape index (κ1) is 21.4. The summed E-state index contributed by atoms with van der Waals surface area (Å²) in [6, 6.07) is 15.6. The summed E-state index contributed by atoms with van der Waals surface area (Å²) in [6.45, 7) is 3.39. The molecule has 1 saturated heterocycles. The molecule has 1 aromatic heterocycles. The zero-order valence-electron chi connectivity index (χ0n) is 17.8. The van der Waals surface area contributed by atoms with Gasteiger partial charge in [0.05, 0.1) is 24.5 Å². The molecule has 0 radical (unpaired) electrons. The third-order valence-corrected chi connectivity index (χ3v) is 5.45. The van der Waals surface area contributed by atoms with Gasteiger partial charge in [-0.15, -0.1) is 0 Å². The fraction of sp³-hybridized carbons (Fsp3) is 0.240. The predicted molar refractivity (Wildman–Crippen MR) is 120 cm³/mol. The van der Waals surface area contributed by atoms with Crippen LogP contribution in [0.5, 0.6) is 5.75 Å². The molecule has 7 nitrogen and oxygen atoms in total. The van der Waals surface area contributed by atoms with Crippen LogP contribution in [0, 0.1) is 0 Å². The average Bonchev–Trinajstić information content (AvgIpc) is 3.42. The van der Waals surface area contributed by atoms with Crippen molar-refractivity contribution in [3.05, 3.63) is 90.0 Å². The number of carbonyl (C=O) groups excluding carboxylic acids is 2. The van der Waals surface area contributed by atoms with Gasteiger partial charge in [-0.05, 0) is 31.0 Å².